The van der Waals surface area contributed by atoms with E-state index in [1.807, 2.05) is 24.3 Å². The molecule has 0 spiro atoms. The van der Waals surface area contributed by atoms with Crippen molar-refractivity contribution in [3.05, 3.63) is 64.7 Å². The molecule has 0 aliphatic heterocycles. The second kappa shape index (κ2) is 4.79. The van der Waals surface area contributed by atoms with Crippen molar-refractivity contribution in [2.75, 3.05) is 0 Å². The van der Waals surface area contributed by atoms with Crippen LogP contribution >= 0.6 is 0 Å². The highest BCUT2D eigenvalue weighted by molar-refractivity contribution is 6.00. The molecule has 0 saturated heterocycles. The first-order chi connectivity index (χ1) is 10.1. The molecule has 3 aromatic carbocycles. The van der Waals surface area contributed by atoms with E-state index in [0.29, 0.717) is 11.1 Å². The van der Waals surface area contributed by atoms with E-state index >= 15 is 0 Å². The Morgan fingerprint density at radius 1 is 0.905 bits per heavy atom. The molecule has 0 amide bonds. The van der Waals surface area contributed by atoms with Crippen LogP contribution < -0.4 is 0 Å². The molecular formula is C16H11NO4. The number of nitro groups is 1. The number of fused-ring (bicyclic) bond motifs is 1. The van der Waals surface area contributed by atoms with Crippen LogP contribution in [0.3, 0.4) is 0 Å². The van der Waals surface area contributed by atoms with E-state index in [4.69, 9.17) is 0 Å². The molecule has 0 saturated carbocycles. The van der Waals surface area contributed by atoms with Gasteiger partial charge in [-0.15, -0.1) is 0 Å². The number of aromatic hydroxyl groups is 2. The summed E-state index contributed by atoms with van der Waals surface area (Å²) in [5.41, 5.74) is 0.602. The Kier molecular flexibility index (Phi) is 2.95. The summed E-state index contributed by atoms with van der Waals surface area (Å²) in [5.74, 6) is -0.364. The van der Waals surface area contributed by atoms with Crippen molar-refractivity contribution in [3.63, 3.8) is 0 Å². The van der Waals surface area contributed by atoms with Crippen LogP contribution in [0, 0.1) is 10.1 Å². The second-order valence-corrected chi connectivity index (χ2v) is 4.64. The minimum Gasteiger partial charge on any atom is -0.507 e. The van der Waals surface area contributed by atoms with Gasteiger partial charge in [-0.1, -0.05) is 36.4 Å². The summed E-state index contributed by atoms with van der Waals surface area (Å²) in [6.45, 7) is 0. The van der Waals surface area contributed by atoms with Crippen LogP contribution in [0.15, 0.2) is 54.6 Å². The monoisotopic (exact) mass is 281 g/mol. The third-order valence-electron chi connectivity index (χ3n) is 3.37. The first-order valence-electron chi connectivity index (χ1n) is 6.26. The quantitative estimate of drug-likeness (QED) is 0.552. The predicted octanol–water partition coefficient (Wildman–Crippen LogP) is 3.83. The van der Waals surface area contributed by atoms with E-state index in [0.717, 1.165) is 10.8 Å². The zero-order chi connectivity index (χ0) is 15.0. The lowest BCUT2D eigenvalue weighted by molar-refractivity contribution is -0.385. The maximum Gasteiger partial charge on any atom is 0.311 e. The number of phenols is 2. The third kappa shape index (κ3) is 2.14. The van der Waals surface area contributed by atoms with E-state index in [1.54, 1.807) is 18.2 Å². The van der Waals surface area contributed by atoms with Gasteiger partial charge in [0.05, 0.1) is 4.92 Å². The summed E-state index contributed by atoms with van der Waals surface area (Å²) in [4.78, 5) is 10.3. The van der Waals surface area contributed by atoms with Gasteiger partial charge in [-0.3, -0.25) is 10.1 Å². The van der Waals surface area contributed by atoms with E-state index in [2.05, 4.69) is 0 Å². The molecule has 5 nitrogen and oxygen atoms in total. The van der Waals surface area contributed by atoms with Gasteiger partial charge in [0.2, 0.25) is 0 Å². The lowest BCUT2D eigenvalue weighted by Gasteiger charge is -2.09. The van der Waals surface area contributed by atoms with Crippen LogP contribution in [0.1, 0.15) is 0 Å². The average Bonchev–Trinajstić information content (AvgIpc) is 2.48. The Balaban J connectivity index is 2.33. The lowest BCUT2D eigenvalue weighted by atomic mass is 9.97. The maximum atomic E-state index is 10.9. The first kappa shape index (κ1) is 12.9. The summed E-state index contributed by atoms with van der Waals surface area (Å²) < 4.78 is 0. The predicted molar refractivity (Wildman–Crippen MR) is 79.4 cm³/mol. The molecule has 0 radical (unpaired) electrons. The van der Waals surface area contributed by atoms with Gasteiger partial charge in [-0.05, 0) is 28.5 Å². The first-order valence-corrected chi connectivity index (χ1v) is 6.26. The van der Waals surface area contributed by atoms with E-state index < -0.39 is 10.7 Å². The normalized spacial score (nSPS) is 10.7. The standard InChI is InChI=1S/C16H11NO4/c18-14-7-6-11(9-13(14)17(20)21)16-12-4-2-1-3-10(12)5-8-15(16)19/h1-9,18-19H. The fourth-order valence-electron chi connectivity index (χ4n) is 2.39. The van der Waals surface area contributed by atoms with Crippen LogP contribution in [0.4, 0.5) is 5.69 Å². The molecule has 3 aromatic rings. The second-order valence-electron chi connectivity index (χ2n) is 4.64. The van der Waals surface area contributed by atoms with Crippen molar-refractivity contribution in [1.29, 1.82) is 0 Å². The van der Waals surface area contributed by atoms with Gasteiger partial charge in [-0.2, -0.15) is 0 Å². The van der Waals surface area contributed by atoms with Crippen molar-refractivity contribution in [1.82, 2.24) is 0 Å². The van der Waals surface area contributed by atoms with Crippen molar-refractivity contribution >= 4 is 16.5 Å². The molecule has 0 aliphatic rings. The minimum atomic E-state index is -0.652. The Hall–Kier alpha value is -3.08. The summed E-state index contributed by atoms with van der Waals surface area (Å²) in [7, 11) is 0. The minimum absolute atomic E-state index is 0.0358. The fourth-order valence-corrected chi connectivity index (χ4v) is 2.39. The number of nitro benzene ring substituents is 1. The van der Waals surface area contributed by atoms with Crippen LogP contribution in [-0.4, -0.2) is 15.1 Å². The Morgan fingerprint density at radius 3 is 2.38 bits per heavy atom. The number of hydrogen-bond donors (Lipinski definition) is 2. The molecule has 0 aliphatic carbocycles. The Bertz CT molecular complexity index is 858. The Labute approximate surface area is 119 Å². The molecule has 0 aromatic heterocycles. The van der Waals surface area contributed by atoms with Gasteiger partial charge in [0.25, 0.3) is 0 Å². The summed E-state index contributed by atoms with van der Waals surface area (Å²) in [5, 5.41) is 32.3. The number of phenolic OH excluding ortho intramolecular Hbond substituents is 2. The zero-order valence-electron chi connectivity index (χ0n) is 10.9. The number of benzene rings is 3. The molecule has 104 valence electrons. The number of rotatable bonds is 2. The zero-order valence-corrected chi connectivity index (χ0v) is 10.9. The number of hydrogen-bond acceptors (Lipinski definition) is 4. The molecule has 0 unspecified atom stereocenters. The van der Waals surface area contributed by atoms with Gasteiger partial charge >= 0.3 is 5.69 Å². The molecule has 0 heterocycles. The largest absolute Gasteiger partial charge is 0.507 e. The highest BCUT2D eigenvalue weighted by Crippen LogP contribution is 2.39. The highest BCUT2D eigenvalue weighted by Gasteiger charge is 2.17. The van der Waals surface area contributed by atoms with Crippen molar-refractivity contribution < 1.29 is 15.1 Å². The maximum absolute atomic E-state index is 10.9. The van der Waals surface area contributed by atoms with Gasteiger partial charge in [0.1, 0.15) is 5.75 Å². The summed E-state index contributed by atoms with van der Waals surface area (Å²) >= 11 is 0. The molecule has 0 fully saturated rings. The molecular weight excluding hydrogens is 270 g/mol. The molecule has 0 bridgehead atoms. The van der Waals surface area contributed by atoms with Crippen molar-refractivity contribution in [3.8, 4) is 22.6 Å². The summed E-state index contributed by atoms with van der Waals surface area (Å²) in [6, 6.07) is 14.8. The van der Waals surface area contributed by atoms with E-state index in [-0.39, 0.29) is 11.4 Å². The van der Waals surface area contributed by atoms with Crippen LogP contribution in [0.5, 0.6) is 11.5 Å². The van der Waals surface area contributed by atoms with E-state index in [9.17, 15) is 20.3 Å². The molecule has 5 heteroatoms. The fraction of sp³-hybridized carbons (Fsp3) is 0. The molecule has 21 heavy (non-hydrogen) atoms. The molecule has 0 atom stereocenters. The molecule has 3 rings (SSSR count). The van der Waals surface area contributed by atoms with Crippen LogP contribution in [-0.2, 0) is 0 Å². The van der Waals surface area contributed by atoms with Crippen molar-refractivity contribution in [2.24, 2.45) is 0 Å². The SMILES string of the molecule is O=[N+]([O-])c1cc(-c2c(O)ccc3ccccc23)ccc1O. The van der Waals surface area contributed by atoms with Gasteiger partial charge in [0.15, 0.2) is 5.75 Å². The number of nitrogens with zero attached hydrogens (tertiary/aromatic N) is 1. The smallest absolute Gasteiger partial charge is 0.311 e. The average molecular weight is 281 g/mol. The van der Waals surface area contributed by atoms with Crippen molar-refractivity contribution in [2.45, 2.75) is 0 Å². The topological polar surface area (TPSA) is 83.6 Å². The van der Waals surface area contributed by atoms with Crippen LogP contribution in [0.2, 0.25) is 0 Å². The lowest BCUT2D eigenvalue weighted by Crippen LogP contribution is -1.90. The third-order valence-corrected chi connectivity index (χ3v) is 3.37. The van der Waals surface area contributed by atoms with Gasteiger partial charge in [0, 0.05) is 11.6 Å². The summed E-state index contributed by atoms with van der Waals surface area (Å²) in [6.07, 6.45) is 0. The van der Waals surface area contributed by atoms with Crippen LogP contribution in [0.25, 0.3) is 21.9 Å². The van der Waals surface area contributed by atoms with Gasteiger partial charge < -0.3 is 10.2 Å². The highest BCUT2D eigenvalue weighted by atomic mass is 16.6. The molecule has 2 N–H and O–H groups in total. The van der Waals surface area contributed by atoms with Gasteiger partial charge in [-0.25, -0.2) is 0 Å². The Morgan fingerprint density at radius 2 is 1.62 bits per heavy atom. The van der Waals surface area contributed by atoms with E-state index in [1.165, 1.54) is 12.1 Å².